The Labute approximate surface area is 91.3 Å². The summed E-state index contributed by atoms with van der Waals surface area (Å²) >= 11 is 0. The third-order valence-corrected chi connectivity index (χ3v) is 3.19. The average Bonchev–Trinajstić information content (AvgIpc) is 2.27. The number of carbonyl (C=O) groups excluding carboxylic acids is 1. The normalized spacial score (nSPS) is 14.4. The topological polar surface area (TPSA) is 26.3 Å². The molecule has 1 rings (SSSR count). The molecule has 0 aromatic heterocycles. The monoisotopic (exact) mass is 206 g/mol. The first-order valence-corrected chi connectivity index (χ1v) is 5.20. The van der Waals surface area contributed by atoms with Crippen molar-refractivity contribution in [3.05, 3.63) is 29.8 Å². The molecule has 1 atom stereocenters. The van der Waals surface area contributed by atoms with E-state index in [1.165, 1.54) is 0 Å². The number of benzene rings is 1. The summed E-state index contributed by atoms with van der Waals surface area (Å²) in [6.07, 6.45) is 0.780. The lowest BCUT2D eigenvalue weighted by Gasteiger charge is -2.27. The highest BCUT2D eigenvalue weighted by molar-refractivity contribution is 5.88. The van der Waals surface area contributed by atoms with Crippen molar-refractivity contribution in [2.45, 2.75) is 32.6 Å². The van der Waals surface area contributed by atoms with Gasteiger partial charge in [-0.1, -0.05) is 25.1 Å². The lowest BCUT2D eigenvalue weighted by molar-refractivity contribution is -0.122. The van der Waals surface area contributed by atoms with Crippen molar-refractivity contribution in [3.8, 4) is 5.75 Å². The van der Waals surface area contributed by atoms with Crippen LogP contribution in [0.15, 0.2) is 24.3 Å². The largest absolute Gasteiger partial charge is 0.496 e. The van der Waals surface area contributed by atoms with Crippen LogP contribution in [0.3, 0.4) is 0 Å². The van der Waals surface area contributed by atoms with Crippen molar-refractivity contribution >= 4 is 5.78 Å². The lowest BCUT2D eigenvalue weighted by atomic mass is 9.76. The summed E-state index contributed by atoms with van der Waals surface area (Å²) < 4.78 is 5.29. The predicted molar refractivity (Wildman–Crippen MR) is 61.3 cm³/mol. The molecule has 1 unspecified atom stereocenters. The van der Waals surface area contributed by atoms with Crippen molar-refractivity contribution < 1.29 is 9.53 Å². The van der Waals surface area contributed by atoms with E-state index in [1.807, 2.05) is 38.1 Å². The standard InChI is InChI=1S/C13H18O2/c1-5-13(3,10(2)14)11-8-6-7-9-12(11)15-4/h6-9H,5H2,1-4H3. The summed E-state index contributed by atoms with van der Waals surface area (Å²) in [5, 5.41) is 0. The van der Waals surface area contributed by atoms with Crippen LogP contribution in [0.25, 0.3) is 0 Å². The molecule has 0 bridgehead atoms. The summed E-state index contributed by atoms with van der Waals surface area (Å²) in [5.41, 5.74) is 0.537. The van der Waals surface area contributed by atoms with E-state index < -0.39 is 5.41 Å². The highest BCUT2D eigenvalue weighted by Crippen LogP contribution is 2.34. The van der Waals surface area contributed by atoms with Crippen molar-refractivity contribution in [2.24, 2.45) is 0 Å². The maximum Gasteiger partial charge on any atom is 0.140 e. The highest BCUT2D eigenvalue weighted by atomic mass is 16.5. The maximum atomic E-state index is 11.7. The minimum absolute atomic E-state index is 0.175. The number of methoxy groups -OCH3 is 1. The summed E-state index contributed by atoms with van der Waals surface area (Å²) in [6.45, 7) is 5.62. The Morgan fingerprint density at radius 3 is 2.47 bits per heavy atom. The van der Waals surface area contributed by atoms with Gasteiger partial charge in [0.05, 0.1) is 12.5 Å². The highest BCUT2D eigenvalue weighted by Gasteiger charge is 2.32. The van der Waals surface area contributed by atoms with Gasteiger partial charge in [0.2, 0.25) is 0 Å². The Kier molecular flexibility index (Phi) is 3.51. The Morgan fingerprint density at radius 1 is 1.40 bits per heavy atom. The number of ether oxygens (including phenoxy) is 1. The molecule has 0 spiro atoms. The minimum atomic E-state index is -0.438. The second-order valence-corrected chi connectivity index (χ2v) is 3.94. The first-order valence-electron chi connectivity index (χ1n) is 5.20. The summed E-state index contributed by atoms with van der Waals surface area (Å²) in [7, 11) is 1.63. The van der Waals surface area contributed by atoms with Crippen LogP contribution >= 0.6 is 0 Å². The van der Waals surface area contributed by atoms with Crippen LogP contribution < -0.4 is 4.74 Å². The van der Waals surface area contributed by atoms with Crippen LogP contribution in [0.2, 0.25) is 0 Å². The molecular weight excluding hydrogens is 188 g/mol. The van der Waals surface area contributed by atoms with E-state index in [-0.39, 0.29) is 5.78 Å². The van der Waals surface area contributed by atoms with Crippen LogP contribution in [0, 0.1) is 0 Å². The van der Waals surface area contributed by atoms with Gasteiger partial charge in [-0.3, -0.25) is 4.79 Å². The van der Waals surface area contributed by atoms with E-state index in [1.54, 1.807) is 14.0 Å². The Morgan fingerprint density at radius 2 is 2.00 bits per heavy atom. The summed E-state index contributed by atoms with van der Waals surface area (Å²) in [6, 6.07) is 7.71. The molecule has 0 saturated heterocycles. The molecule has 82 valence electrons. The summed E-state index contributed by atoms with van der Waals surface area (Å²) in [5.74, 6) is 0.964. The number of Topliss-reactive ketones (excluding diaryl/α,β-unsaturated/α-hetero) is 1. The van der Waals surface area contributed by atoms with Gasteiger partial charge in [-0.05, 0) is 26.3 Å². The van der Waals surface area contributed by atoms with Crippen molar-refractivity contribution in [1.29, 1.82) is 0 Å². The minimum Gasteiger partial charge on any atom is -0.496 e. The maximum absolute atomic E-state index is 11.7. The summed E-state index contributed by atoms with van der Waals surface area (Å²) in [4.78, 5) is 11.7. The van der Waals surface area contributed by atoms with Gasteiger partial charge in [0.1, 0.15) is 11.5 Å². The lowest BCUT2D eigenvalue weighted by Crippen LogP contribution is -2.30. The third kappa shape index (κ3) is 2.04. The second-order valence-electron chi connectivity index (χ2n) is 3.94. The van der Waals surface area contributed by atoms with Crippen LogP contribution in [-0.4, -0.2) is 12.9 Å². The number of ketones is 1. The van der Waals surface area contributed by atoms with E-state index in [0.717, 1.165) is 17.7 Å². The SMILES string of the molecule is CCC(C)(C(C)=O)c1ccccc1OC. The molecule has 1 aromatic rings. The van der Waals surface area contributed by atoms with Crippen molar-refractivity contribution in [1.82, 2.24) is 0 Å². The fraction of sp³-hybridized carbons (Fsp3) is 0.462. The average molecular weight is 206 g/mol. The molecule has 2 nitrogen and oxygen atoms in total. The van der Waals surface area contributed by atoms with Gasteiger partial charge in [-0.15, -0.1) is 0 Å². The molecule has 0 N–H and O–H groups in total. The van der Waals surface area contributed by atoms with Gasteiger partial charge in [0, 0.05) is 5.56 Å². The number of hydrogen-bond acceptors (Lipinski definition) is 2. The Bertz CT molecular complexity index is 357. The molecule has 0 heterocycles. The van der Waals surface area contributed by atoms with E-state index in [4.69, 9.17) is 4.74 Å². The van der Waals surface area contributed by atoms with E-state index in [0.29, 0.717) is 0 Å². The zero-order valence-electron chi connectivity index (χ0n) is 9.83. The fourth-order valence-electron chi connectivity index (χ4n) is 1.73. The molecule has 0 saturated carbocycles. The Hall–Kier alpha value is -1.31. The molecule has 15 heavy (non-hydrogen) atoms. The smallest absolute Gasteiger partial charge is 0.140 e. The molecule has 0 fully saturated rings. The van der Waals surface area contributed by atoms with E-state index in [9.17, 15) is 4.79 Å². The zero-order chi connectivity index (χ0) is 11.5. The van der Waals surface area contributed by atoms with E-state index in [2.05, 4.69) is 0 Å². The van der Waals surface area contributed by atoms with Gasteiger partial charge < -0.3 is 4.74 Å². The molecule has 0 aliphatic carbocycles. The van der Waals surface area contributed by atoms with Gasteiger partial charge in [-0.2, -0.15) is 0 Å². The number of hydrogen-bond donors (Lipinski definition) is 0. The van der Waals surface area contributed by atoms with Gasteiger partial charge in [0.25, 0.3) is 0 Å². The van der Waals surface area contributed by atoms with E-state index >= 15 is 0 Å². The molecular formula is C13H18O2. The second kappa shape index (κ2) is 4.47. The molecule has 0 amide bonds. The van der Waals surface area contributed by atoms with Gasteiger partial charge in [-0.25, -0.2) is 0 Å². The Balaban J connectivity index is 3.29. The van der Waals surface area contributed by atoms with Crippen LogP contribution in [-0.2, 0) is 10.2 Å². The number of para-hydroxylation sites is 1. The first-order chi connectivity index (χ1) is 7.06. The first kappa shape index (κ1) is 11.8. The van der Waals surface area contributed by atoms with Crippen LogP contribution in [0.4, 0.5) is 0 Å². The predicted octanol–water partition coefficient (Wildman–Crippen LogP) is 2.95. The third-order valence-electron chi connectivity index (χ3n) is 3.19. The molecule has 2 heteroatoms. The molecule has 0 aliphatic rings. The zero-order valence-corrected chi connectivity index (χ0v) is 9.83. The van der Waals surface area contributed by atoms with Crippen molar-refractivity contribution in [3.63, 3.8) is 0 Å². The van der Waals surface area contributed by atoms with Gasteiger partial charge in [0.15, 0.2) is 0 Å². The number of rotatable bonds is 4. The molecule has 1 aromatic carbocycles. The van der Waals surface area contributed by atoms with Crippen molar-refractivity contribution in [2.75, 3.05) is 7.11 Å². The van der Waals surface area contributed by atoms with Crippen LogP contribution in [0.1, 0.15) is 32.8 Å². The van der Waals surface area contributed by atoms with Crippen LogP contribution in [0.5, 0.6) is 5.75 Å². The molecule has 0 aliphatic heterocycles. The molecule has 0 radical (unpaired) electrons. The fourth-order valence-corrected chi connectivity index (χ4v) is 1.73. The quantitative estimate of drug-likeness (QED) is 0.757. The number of carbonyl (C=O) groups is 1. The van der Waals surface area contributed by atoms with Gasteiger partial charge >= 0.3 is 0 Å².